The molecule has 0 spiro atoms. The number of halogens is 1. The molecule has 0 amide bonds. The lowest BCUT2D eigenvalue weighted by Gasteiger charge is -2.13. The fourth-order valence-electron chi connectivity index (χ4n) is 1.76. The molecule has 75 valence electrons. The molecule has 0 saturated heterocycles. The van der Waals surface area contributed by atoms with Crippen molar-refractivity contribution < 1.29 is 9.50 Å². The third-order valence-corrected chi connectivity index (χ3v) is 2.73. The van der Waals surface area contributed by atoms with Gasteiger partial charge in [0.05, 0.1) is 0 Å². The Morgan fingerprint density at radius 3 is 2.79 bits per heavy atom. The largest absolute Gasteiger partial charge is 0.396 e. The third kappa shape index (κ3) is 1.80. The van der Waals surface area contributed by atoms with Crippen LogP contribution in [-0.4, -0.2) is 11.7 Å². The first kappa shape index (κ1) is 9.66. The van der Waals surface area contributed by atoms with Gasteiger partial charge in [0.2, 0.25) is 0 Å². The second-order valence-corrected chi connectivity index (χ2v) is 3.93. The molecule has 1 saturated carbocycles. The molecular weight excluding hydrogens is 179 g/mol. The second-order valence-electron chi connectivity index (χ2n) is 3.93. The minimum absolute atomic E-state index is 0.0246. The average Bonchev–Trinajstić information content (AvgIpc) is 3.00. The van der Waals surface area contributed by atoms with Crippen LogP contribution in [-0.2, 0) is 0 Å². The molecule has 1 aromatic carbocycles. The van der Waals surface area contributed by atoms with Gasteiger partial charge in [-0.05, 0) is 48.9 Å². The van der Waals surface area contributed by atoms with E-state index in [4.69, 9.17) is 5.11 Å². The first-order valence-corrected chi connectivity index (χ1v) is 4.95. The first-order valence-electron chi connectivity index (χ1n) is 4.95. The van der Waals surface area contributed by atoms with Crippen LogP contribution in [0.1, 0.15) is 35.8 Å². The summed E-state index contributed by atoms with van der Waals surface area (Å²) in [5.41, 5.74) is 2.04. The zero-order valence-electron chi connectivity index (χ0n) is 8.04. The number of hydrogen-bond acceptors (Lipinski definition) is 1. The van der Waals surface area contributed by atoms with E-state index in [1.165, 1.54) is 30.5 Å². The van der Waals surface area contributed by atoms with E-state index in [2.05, 4.69) is 6.92 Å². The molecule has 0 aliphatic heterocycles. The van der Waals surface area contributed by atoms with Crippen molar-refractivity contribution in [2.24, 2.45) is 0 Å². The van der Waals surface area contributed by atoms with Crippen molar-refractivity contribution in [1.29, 1.82) is 0 Å². The molecule has 1 fully saturated rings. The highest BCUT2D eigenvalue weighted by atomic mass is 19.1. The Morgan fingerprint density at radius 1 is 1.50 bits per heavy atom. The number of aliphatic hydroxyl groups excluding tert-OH is 1. The van der Waals surface area contributed by atoms with Crippen LogP contribution in [0.15, 0.2) is 18.2 Å². The summed E-state index contributed by atoms with van der Waals surface area (Å²) in [7, 11) is 0. The van der Waals surface area contributed by atoms with Crippen molar-refractivity contribution in [3.63, 3.8) is 0 Å². The molecule has 1 aliphatic rings. The summed E-state index contributed by atoms with van der Waals surface area (Å²) < 4.78 is 13.0. The number of benzene rings is 1. The Labute approximate surface area is 83.6 Å². The first-order chi connectivity index (χ1) is 6.72. The Morgan fingerprint density at radius 2 is 2.21 bits per heavy atom. The van der Waals surface area contributed by atoms with Crippen LogP contribution < -0.4 is 0 Å². The average molecular weight is 193 g/mol. The third-order valence-electron chi connectivity index (χ3n) is 2.73. The van der Waals surface area contributed by atoms with E-state index in [0.717, 1.165) is 5.56 Å². The Balaban J connectivity index is 2.37. The summed E-state index contributed by atoms with van der Waals surface area (Å²) in [5.74, 6) is 0.120. The number of aliphatic hydroxyl groups is 1. The predicted molar refractivity (Wildman–Crippen MR) is 53.6 cm³/mol. The Bertz CT molecular complexity index is 331. The van der Waals surface area contributed by atoms with Gasteiger partial charge in [0.25, 0.3) is 0 Å². The maximum Gasteiger partial charge on any atom is 0.123 e. The molecule has 1 radical (unpaired) electrons. The molecule has 0 heterocycles. The summed E-state index contributed by atoms with van der Waals surface area (Å²) in [4.78, 5) is 0. The normalized spacial score (nSPS) is 18.2. The SMILES string of the molecule is [CH2]C(CO)c1cc(F)ccc1C1CC1. The summed E-state index contributed by atoms with van der Waals surface area (Å²) in [6.07, 6.45) is 2.35. The summed E-state index contributed by atoms with van der Waals surface area (Å²) in [6, 6.07) is 4.82. The van der Waals surface area contributed by atoms with Crippen LogP contribution in [0.5, 0.6) is 0 Å². The molecule has 0 bridgehead atoms. The molecule has 2 rings (SSSR count). The zero-order valence-corrected chi connectivity index (χ0v) is 8.04. The second kappa shape index (κ2) is 3.70. The van der Waals surface area contributed by atoms with Crippen LogP contribution >= 0.6 is 0 Å². The van der Waals surface area contributed by atoms with Crippen LogP contribution in [0, 0.1) is 12.7 Å². The van der Waals surface area contributed by atoms with Gasteiger partial charge in [-0.2, -0.15) is 0 Å². The van der Waals surface area contributed by atoms with Gasteiger partial charge in [0.15, 0.2) is 0 Å². The van der Waals surface area contributed by atoms with E-state index >= 15 is 0 Å². The van der Waals surface area contributed by atoms with E-state index < -0.39 is 0 Å². The molecule has 2 heteroatoms. The molecule has 1 atom stereocenters. The summed E-state index contributed by atoms with van der Waals surface area (Å²) >= 11 is 0. The van der Waals surface area contributed by atoms with Crippen LogP contribution in [0.25, 0.3) is 0 Å². The molecule has 1 unspecified atom stereocenters. The highest BCUT2D eigenvalue weighted by Crippen LogP contribution is 2.43. The highest BCUT2D eigenvalue weighted by molar-refractivity contribution is 5.36. The van der Waals surface area contributed by atoms with Crippen LogP contribution in [0.3, 0.4) is 0 Å². The van der Waals surface area contributed by atoms with E-state index in [9.17, 15) is 4.39 Å². The topological polar surface area (TPSA) is 20.2 Å². The summed E-state index contributed by atoms with van der Waals surface area (Å²) in [5, 5.41) is 9.02. The predicted octanol–water partition coefficient (Wildman–Crippen LogP) is 2.61. The zero-order chi connectivity index (χ0) is 10.1. The van der Waals surface area contributed by atoms with Crippen molar-refractivity contribution >= 4 is 0 Å². The fraction of sp³-hybridized carbons (Fsp3) is 0.417. The van der Waals surface area contributed by atoms with Gasteiger partial charge in [0, 0.05) is 12.5 Å². The van der Waals surface area contributed by atoms with Gasteiger partial charge in [-0.3, -0.25) is 0 Å². The van der Waals surface area contributed by atoms with Crippen LogP contribution in [0.4, 0.5) is 4.39 Å². The maximum atomic E-state index is 13.0. The van der Waals surface area contributed by atoms with Gasteiger partial charge in [0.1, 0.15) is 5.82 Å². The summed E-state index contributed by atoms with van der Waals surface area (Å²) in [6.45, 7) is 3.80. The maximum absolute atomic E-state index is 13.0. The number of rotatable bonds is 3. The monoisotopic (exact) mass is 193 g/mol. The van der Waals surface area contributed by atoms with Crippen molar-refractivity contribution in [1.82, 2.24) is 0 Å². The Hall–Kier alpha value is -0.890. The van der Waals surface area contributed by atoms with Gasteiger partial charge in [-0.25, -0.2) is 4.39 Å². The lowest BCUT2D eigenvalue weighted by molar-refractivity contribution is 0.282. The van der Waals surface area contributed by atoms with Gasteiger partial charge >= 0.3 is 0 Å². The lowest BCUT2D eigenvalue weighted by Crippen LogP contribution is -2.03. The smallest absolute Gasteiger partial charge is 0.123 e. The lowest BCUT2D eigenvalue weighted by atomic mass is 9.93. The minimum atomic E-state index is -0.244. The van der Waals surface area contributed by atoms with Crippen LogP contribution in [0.2, 0.25) is 0 Å². The highest BCUT2D eigenvalue weighted by Gasteiger charge is 2.27. The van der Waals surface area contributed by atoms with Gasteiger partial charge < -0.3 is 5.11 Å². The van der Waals surface area contributed by atoms with E-state index in [0.29, 0.717) is 5.92 Å². The van der Waals surface area contributed by atoms with E-state index in [-0.39, 0.29) is 18.3 Å². The molecule has 1 N–H and O–H groups in total. The van der Waals surface area contributed by atoms with Crippen molar-refractivity contribution in [3.8, 4) is 0 Å². The quantitative estimate of drug-likeness (QED) is 0.782. The van der Waals surface area contributed by atoms with E-state index in [1.54, 1.807) is 0 Å². The fourth-order valence-corrected chi connectivity index (χ4v) is 1.76. The van der Waals surface area contributed by atoms with Gasteiger partial charge in [-0.15, -0.1) is 0 Å². The molecule has 0 aromatic heterocycles. The van der Waals surface area contributed by atoms with Crippen molar-refractivity contribution in [2.75, 3.05) is 6.61 Å². The Kier molecular flexibility index (Phi) is 2.55. The minimum Gasteiger partial charge on any atom is -0.396 e. The molecule has 1 nitrogen and oxygen atoms in total. The van der Waals surface area contributed by atoms with Crippen molar-refractivity contribution in [3.05, 3.63) is 42.1 Å². The van der Waals surface area contributed by atoms with E-state index in [1.807, 2.05) is 6.07 Å². The standard InChI is InChI=1S/C12H14FO/c1-8(7-14)12-6-10(13)4-5-11(12)9-2-3-9/h4-6,8-9,14H,1-3,7H2. The van der Waals surface area contributed by atoms with Gasteiger partial charge in [-0.1, -0.05) is 6.07 Å². The van der Waals surface area contributed by atoms with Crippen molar-refractivity contribution in [2.45, 2.75) is 24.7 Å². The molecule has 1 aromatic rings. The molecular formula is C12H14FO. The molecule has 14 heavy (non-hydrogen) atoms. The number of hydrogen-bond donors (Lipinski definition) is 1. The molecule has 1 aliphatic carbocycles.